The van der Waals surface area contributed by atoms with Crippen molar-refractivity contribution < 1.29 is 0 Å². The van der Waals surface area contributed by atoms with Gasteiger partial charge in [0.15, 0.2) is 16.0 Å². The third-order valence-electron chi connectivity index (χ3n) is 0.863. The molecule has 0 radical (unpaired) electrons. The van der Waals surface area contributed by atoms with E-state index in [0.717, 1.165) is 0 Å². The van der Waals surface area contributed by atoms with Gasteiger partial charge in [0.1, 0.15) is 0 Å². The molecule has 58 valence electrons. The van der Waals surface area contributed by atoms with Crippen LogP contribution in [-0.4, -0.2) is 9.97 Å². The second-order valence-electron chi connectivity index (χ2n) is 1.51. The molecule has 0 aliphatic carbocycles. The third-order valence-corrected chi connectivity index (χ3v) is 1.56. The molecule has 0 bridgehead atoms. The van der Waals surface area contributed by atoms with Crippen molar-refractivity contribution in [3.05, 3.63) is 20.5 Å². The van der Waals surface area contributed by atoms with E-state index in [1.165, 1.54) is 0 Å². The van der Waals surface area contributed by atoms with Gasteiger partial charge in [-0.2, -0.15) is 0 Å². The van der Waals surface area contributed by atoms with Crippen molar-refractivity contribution in [1.29, 1.82) is 0 Å². The standard InChI is InChI=1S/C4Cl3N3O/c5-2-1(10-11)3(6)9-4(7)8-2. The minimum Gasteiger partial charge on any atom is -0.203 e. The fourth-order valence-electron chi connectivity index (χ4n) is 0.453. The first-order chi connectivity index (χ1) is 5.15. The van der Waals surface area contributed by atoms with Crippen LogP contribution in [0, 0.1) is 4.91 Å². The first-order valence-corrected chi connectivity index (χ1v) is 3.50. The lowest BCUT2D eigenvalue weighted by molar-refractivity contribution is 1.16. The summed E-state index contributed by atoms with van der Waals surface area (Å²) < 4.78 is 0. The van der Waals surface area contributed by atoms with Gasteiger partial charge in [0.05, 0.1) is 0 Å². The van der Waals surface area contributed by atoms with Crippen LogP contribution in [0.25, 0.3) is 0 Å². The number of halogens is 3. The number of nitroso groups, excluding NO2 is 1. The lowest BCUT2D eigenvalue weighted by atomic mass is 10.6. The van der Waals surface area contributed by atoms with Gasteiger partial charge < -0.3 is 0 Å². The summed E-state index contributed by atoms with van der Waals surface area (Å²) in [5, 5.41) is 2.10. The van der Waals surface area contributed by atoms with Crippen LogP contribution in [0.3, 0.4) is 0 Å². The molecule has 0 saturated heterocycles. The fourth-order valence-corrected chi connectivity index (χ4v) is 1.17. The minimum absolute atomic E-state index is 0.118. The maximum Gasteiger partial charge on any atom is 0.225 e. The van der Waals surface area contributed by atoms with Crippen molar-refractivity contribution in [3.63, 3.8) is 0 Å². The molecular weight excluding hydrogens is 212 g/mol. The Hall–Kier alpha value is -0.450. The highest BCUT2D eigenvalue weighted by Crippen LogP contribution is 2.30. The molecule has 0 unspecified atom stereocenters. The molecular formula is C4Cl3N3O. The summed E-state index contributed by atoms with van der Waals surface area (Å²) in [6, 6.07) is 0. The van der Waals surface area contributed by atoms with Crippen LogP contribution in [0.1, 0.15) is 0 Å². The predicted octanol–water partition coefficient (Wildman–Crippen LogP) is 2.83. The zero-order valence-corrected chi connectivity index (χ0v) is 7.15. The lowest BCUT2D eigenvalue weighted by Crippen LogP contribution is -1.84. The molecule has 1 heterocycles. The van der Waals surface area contributed by atoms with E-state index in [-0.39, 0.29) is 21.3 Å². The topological polar surface area (TPSA) is 55.2 Å². The van der Waals surface area contributed by atoms with Gasteiger partial charge in [-0.3, -0.25) is 0 Å². The minimum atomic E-state index is -0.197. The molecule has 0 saturated carbocycles. The summed E-state index contributed by atoms with van der Waals surface area (Å²) in [6.07, 6.45) is 0. The smallest absolute Gasteiger partial charge is 0.203 e. The summed E-state index contributed by atoms with van der Waals surface area (Å²) in [5.74, 6) is 0. The second-order valence-corrected chi connectivity index (χ2v) is 2.57. The van der Waals surface area contributed by atoms with Crippen LogP contribution in [-0.2, 0) is 0 Å². The average molecular weight is 212 g/mol. The molecule has 0 fully saturated rings. The van der Waals surface area contributed by atoms with Crippen LogP contribution in [0.5, 0.6) is 0 Å². The van der Waals surface area contributed by atoms with Crippen molar-refractivity contribution in [1.82, 2.24) is 9.97 Å². The van der Waals surface area contributed by atoms with E-state index in [1.807, 2.05) is 0 Å². The molecule has 0 aliphatic rings. The Morgan fingerprint density at radius 1 is 1.09 bits per heavy atom. The van der Waals surface area contributed by atoms with E-state index in [9.17, 15) is 4.91 Å². The van der Waals surface area contributed by atoms with Gasteiger partial charge in [0, 0.05) is 0 Å². The molecule has 0 spiro atoms. The molecule has 1 rings (SSSR count). The molecule has 0 amide bonds. The Morgan fingerprint density at radius 3 is 1.91 bits per heavy atom. The number of nitrogens with zero attached hydrogens (tertiary/aromatic N) is 3. The Kier molecular flexibility index (Phi) is 2.59. The van der Waals surface area contributed by atoms with Gasteiger partial charge in [-0.25, -0.2) is 9.97 Å². The van der Waals surface area contributed by atoms with E-state index in [1.54, 1.807) is 0 Å². The summed E-state index contributed by atoms with van der Waals surface area (Å²) in [6.45, 7) is 0. The third kappa shape index (κ3) is 1.77. The molecule has 1 aromatic rings. The lowest BCUT2D eigenvalue weighted by Gasteiger charge is -1.95. The highest BCUT2D eigenvalue weighted by atomic mass is 35.5. The highest BCUT2D eigenvalue weighted by Gasteiger charge is 2.10. The summed E-state index contributed by atoms with van der Waals surface area (Å²) in [5.41, 5.74) is -0.197. The van der Waals surface area contributed by atoms with Crippen LogP contribution in [0.4, 0.5) is 5.69 Å². The SMILES string of the molecule is O=Nc1c(Cl)nc(Cl)nc1Cl. The molecule has 4 nitrogen and oxygen atoms in total. The summed E-state index contributed by atoms with van der Waals surface area (Å²) in [4.78, 5) is 16.9. The van der Waals surface area contributed by atoms with Gasteiger partial charge in [-0.1, -0.05) is 23.2 Å². The number of rotatable bonds is 1. The second kappa shape index (κ2) is 3.30. The molecule has 0 N–H and O–H groups in total. The summed E-state index contributed by atoms with van der Waals surface area (Å²) in [7, 11) is 0. The number of hydrogen-bond acceptors (Lipinski definition) is 4. The van der Waals surface area contributed by atoms with Crippen LogP contribution in [0.15, 0.2) is 5.18 Å². The molecule has 0 atom stereocenters. The largest absolute Gasteiger partial charge is 0.225 e. The zero-order chi connectivity index (χ0) is 8.43. The first-order valence-electron chi connectivity index (χ1n) is 2.37. The molecule has 0 aliphatic heterocycles. The van der Waals surface area contributed by atoms with Crippen LogP contribution in [0.2, 0.25) is 15.6 Å². The molecule has 7 heteroatoms. The van der Waals surface area contributed by atoms with Gasteiger partial charge in [-0.05, 0) is 16.8 Å². The van der Waals surface area contributed by atoms with Crippen LogP contribution >= 0.6 is 34.8 Å². The van der Waals surface area contributed by atoms with E-state index < -0.39 is 0 Å². The van der Waals surface area contributed by atoms with Gasteiger partial charge in [0.25, 0.3) is 0 Å². The van der Waals surface area contributed by atoms with Crippen LogP contribution < -0.4 is 0 Å². The normalized spacial score (nSPS) is 9.73. The van der Waals surface area contributed by atoms with E-state index in [2.05, 4.69) is 15.1 Å². The molecule has 0 aromatic carbocycles. The maximum atomic E-state index is 10.0. The fraction of sp³-hybridized carbons (Fsp3) is 0. The van der Waals surface area contributed by atoms with Crippen molar-refractivity contribution in [2.45, 2.75) is 0 Å². The number of aromatic nitrogens is 2. The monoisotopic (exact) mass is 211 g/mol. The molecule has 1 aromatic heterocycles. The first kappa shape index (κ1) is 8.64. The Bertz CT molecular complexity index is 280. The highest BCUT2D eigenvalue weighted by molar-refractivity contribution is 6.38. The summed E-state index contributed by atoms with van der Waals surface area (Å²) >= 11 is 16.2. The zero-order valence-electron chi connectivity index (χ0n) is 4.88. The van der Waals surface area contributed by atoms with Gasteiger partial charge in [0.2, 0.25) is 5.28 Å². The van der Waals surface area contributed by atoms with Crippen molar-refractivity contribution in [3.8, 4) is 0 Å². The average Bonchev–Trinajstić information content (AvgIpc) is 1.85. The van der Waals surface area contributed by atoms with Gasteiger partial charge >= 0.3 is 0 Å². The van der Waals surface area contributed by atoms with Crippen molar-refractivity contribution in [2.24, 2.45) is 5.18 Å². The number of hydrogen-bond donors (Lipinski definition) is 0. The molecule has 11 heavy (non-hydrogen) atoms. The van der Waals surface area contributed by atoms with E-state index >= 15 is 0 Å². The predicted molar refractivity (Wildman–Crippen MR) is 42.5 cm³/mol. The Morgan fingerprint density at radius 2 is 1.55 bits per heavy atom. The van der Waals surface area contributed by atoms with Crippen molar-refractivity contribution >= 4 is 40.5 Å². The van der Waals surface area contributed by atoms with E-state index in [0.29, 0.717) is 0 Å². The maximum absolute atomic E-state index is 10.0. The van der Waals surface area contributed by atoms with Crippen molar-refractivity contribution in [2.75, 3.05) is 0 Å². The quantitative estimate of drug-likeness (QED) is 0.408. The van der Waals surface area contributed by atoms with Gasteiger partial charge in [-0.15, -0.1) is 4.91 Å². The Labute approximate surface area is 76.5 Å². The Balaban J connectivity index is 3.36. The van der Waals surface area contributed by atoms with E-state index in [4.69, 9.17) is 34.8 Å².